The number of carbonyl (C=O) groups is 5. The molecule has 0 bridgehead atoms. The first kappa shape index (κ1) is 36.5. The summed E-state index contributed by atoms with van der Waals surface area (Å²) < 4.78 is 44.4. The van der Waals surface area contributed by atoms with E-state index in [1.54, 1.807) is 12.1 Å². The normalized spacial score (nSPS) is 31.2. The van der Waals surface area contributed by atoms with Crippen LogP contribution in [0.15, 0.2) is 30.4 Å². The first-order valence-electron chi connectivity index (χ1n) is 18.0. The number of hydrogen-bond acceptors (Lipinski definition) is 10. The minimum atomic E-state index is -3.91. The van der Waals surface area contributed by atoms with E-state index in [1.165, 1.54) is 9.80 Å². The second kappa shape index (κ2) is 14.9. The van der Waals surface area contributed by atoms with Crippen molar-refractivity contribution in [3.05, 3.63) is 46.5 Å². The van der Waals surface area contributed by atoms with Crippen LogP contribution >= 0.6 is 11.6 Å². The molecule has 1 unspecified atom stereocenters. The summed E-state index contributed by atoms with van der Waals surface area (Å²) in [5.41, 5.74) is 0.288. The number of rotatable bonds is 6. The number of nitrogens with zero attached hydrogens (tertiary/aromatic N) is 2. The second-order valence-electron chi connectivity index (χ2n) is 14.6. The van der Waals surface area contributed by atoms with Crippen LogP contribution in [0.1, 0.15) is 75.3 Å². The molecule has 0 aromatic heterocycles. The summed E-state index contributed by atoms with van der Waals surface area (Å²) >= 11 is 6.15. The monoisotopic (exact) mass is 761 g/mol. The zero-order chi connectivity index (χ0) is 36.6. The van der Waals surface area contributed by atoms with Crippen molar-refractivity contribution in [3.8, 4) is 0 Å². The maximum atomic E-state index is 14.3. The molecule has 52 heavy (non-hydrogen) atoms. The van der Waals surface area contributed by atoms with Crippen LogP contribution in [0.3, 0.4) is 0 Å². The minimum absolute atomic E-state index is 0.0783. The average molecular weight is 762 g/mol. The molecule has 5 amide bonds. The van der Waals surface area contributed by atoms with E-state index < -0.39 is 80.9 Å². The lowest BCUT2D eigenvalue weighted by molar-refractivity contribution is -0.141. The summed E-state index contributed by atoms with van der Waals surface area (Å²) in [6.07, 6.45) is 5.62. The number of ether oxygens (including phenoxy) is 3. The Morgan fingerprint density at radius 1 is 1.00 bits per heavy atom. The molecule has 0 radical (unpaired) electrons. The molecule has 15 nitrogen and oxygen atoms in total. The van der Waals surface area contributed by atoms with E-state index in [9.17, 15) is 32.4 Å². The second-order valence-corrected chi connectivity index (χ2v) is 17.0. The molecule has 17 heteroatoms. The van der Waals surface area contributed by atoms with Gasteiger partial charge >= 0.3 is 12.2 Å². The van der Waals surface area contributed by atoms with Gasteiger partial charge in [-0.2, -0.15) is 0 Å². The van der Waals surface area contributed by atoms with Gasteiger partial charge in [0.05, 0.1) is 25.0 Å². The van der Waals surface area contributed by atoms with Gasteiger partial charge in [-0.1, -0.05) is 42.7 Å². The molecule has 282 valence electrons. The van der Waals surface area contributed by atoms with Crippen molar-refractivity contribution >= 4 is 51.5 Å². The molecule has 1 aromatic carbocycles. The first-order valence-corrected chi connectivity index (χ1v) is 20.0. The van der Waals surface area contributed by atoms with Crippen molar-refractivity contribution in [1.29, 1.82) is 0 Å². The van der Waals surface area contributed by atoms with Crippen molar-refractivity contribution < 1.29 is 46.6 Å². The number of allylic oxidation sites excluding steroid dienone is 1. The lowest BCUT2D eigenvalue weighted by Gasteiger charge is -2.30. The van der Waals surface area contributed by atoms with E-state index in [2.05, 4.69) is 15.4 Å². The van der Waals surface area contributed by atoms with Crippen LogP contribution in [-0.2, 0) is 51.7 Å². The van der Waals surface area contributed by atoms with E-state index in [-0.39, 0.29) is 39.0 Å². The van der Waals surface area contributed by atoms with Crippen molar-refractivity contribution in [2.75, 3.05) is 19.8 Å². The molecular weight excluding hydrogens is 718 g/mol. The molecule has 6 atom stereocenters. The van der Waals surface area contributed by atoms with Gasteiger partial charge in [-0.3, -0.25) is 24.0 Å². The van der Waals surface area contributed by atoms with Gasteiger partial charge < -0.3 is 29.7 Å². The standard InChI is InChI=1S/C35H44ClN5O10S/c36-24-9-8-21-17-40(18-22(21)14-24)34(46)51-26-15-29-30(42)38-35(32(44)39-52(47,48)27-10-11-27)16-23(35)6-4-2-1-3-5-7-28(31(43)41(29)19-26)37-33(45)50-25-12-13-49-20-25/h4,6,8-9,14,23,25-29H,1-3,5,7,10-13,15-20H2,(H,37,45)(H,38,42)(H,39,44)/b6-4-/t23-,25?,26-,28+,29+,35-/m1/s1. The summed E-state index contributed by atoms with van der Waals surface area (Å²) in [5.74, 6) is -2.53. The summed E-state index contributed by atoms with van der Waals surface area (Å²) in [6, 6.07) is 3.15. The van der Waals surface area contributed by atoms with Gasteiger partial charge in [0.2, 0.25) is 21.8 Å². The van der Waals surface area contributed by atoms with Crippen molar-refractivity contribution in [2.45, 2.75) is 112 Å². The number of sulfonamides is 1. The number of amides is 5. The van der Waals surface area contributed by atoms with Crippen LogP contribution in [0.25, 0.3) is 0 Å². The molecule has 4 aliphatic heterocycles. The van der Waals surface area contributed by atoms with Gasteiger partial charge in [0, 0.05) is 36.9 Å². The quantitative estimate of drug-likeness (QED) is 0.364. The third-order valence-electron chi connectivity index (χ3n) is 10.7. The SMILES string of the molecule is O=C(N[C@H]1CCCCC/C=C\[C@@H]2C[C@@]2(C(=O)NS(=O)(=O)C2CC2)NC(=O)[C@@H]2C[C@@H](OC(=O)N3Cc4ccc(Cl)cc4C3)CN2C1=O)OC1CCOC1. The van der Waals surface area contributed by atoms with E-state index >= 15 is 0 Å². The molecule has 2 aliphatic carbocycles. The highest BCUT2D eigenvalue weighted by Crippen LogP contribution is 2.46. The smallest absolute Gasteiger partial charge is 0.410 e. The Morgan fingerprint density at radius 2 is 1.81 bits per heavy atom. The highest BCUT2D eigenvalue weighted by atomic mass is 35.5. The van der Waals surface area contributed by atoms with E-state index in [0.717, 1.165) is 24.0 Å². The number of hydrogen-bond donors (Lipinski definition) is 3. The maximum Gasteiger partial charge on any atom is 0.410 e. The molecule has 1 aromatic rings. The number of alkyl carbamates (subject to hydrolysis) is 1. The van der Waals surface area contributed by atoms with Crippen LogP contribution in [0.4, 0.5) is 9.59 Å². The molecular formula is C35H44ClN5O10S. The van der Waals surface area contributed by atoms with Crippen molar-refractivity contribution in [2.24, 2.45) is 5.92 Å². The van der Waals surface area contributed by atoms with Gasteiger partial charge in [0.15, 0.2) is 0 Å². The van der Waals surface area contributed by atoms with Gasteiger partial charge in [-0.15, -0.1) is 0 Å². The summed E-state index contributed by atoms with van der Waals surface area (Å²) in [5, 5.41) is 5.42. The largest absolute Gasteiger partial charge is 0.444 e. The Morgan fingerprint density at radius 3 is 2.58 bits per heavy atom. The number of carbonyl (C=O) groups excluding carboxylic acids is 5. The summed E-state index contributed by atoms with van der Waals surface area (Å²) in [6.45, 7) is 1.17. The number of fused-ring (bicyclic) bond motifs is 3. The predicted molar refractivity (Wildman–Crippen MR) is 185 cm³/mol. The van der Waals surface area contributed by atoms with Crippen LogP contribution in [0.2, 0.25) is 5.02 Å². The molecule has 4 fully saturated rings. The topological polar surface area (TPSA) is 190 Å². The minimum Gasteiger partial charge on any atom is -0.444 e. The summed E-state index contributed by atoms with van der Waals surface area (Å²) in [7, 11) is -3.91. The van der Waals surface area contributed by atoms with Crippen LogP contribution < -0.4 is 15.4 Å². The Kier molecular flexibility index (Phi) is 10.4. The van der Waals surface area contributed by atoms with Crippen molar-refractivity contribution in [3.63, 3.8) is 0 Å². The van der Waals surface area contributed by atoms with E-state index in [1.807, 2.05) is 18.2 Å². The maximum absolute atomic E-state index is 14.3. The fourth-order valence-electron chi connectivity index (χ4n) is 7.49. The number of nitrogens with one attached hydrogen (secondary N) is 3. The van der Waals surface area contributed by atoms with Gasteiger partial charge in [0.1, 0.15) is 29.8 Å². The zero-order valence-corrected chi connectivity index (χ0v) is 30.3. The molecule has 0 spiro atoms. The van der Waals surface area contributed by atoms with Gasteiger partial charge in [-0.25, -0.2) is 18.0 Å². The third kappa shape index (κ3) is 8.03. The average Bonchev–Trinajstić information content (AvgIpc) is 3.89. The zero-order valence-electron chi connectivity index (χ0n) is 28.7. The molecule has 2 saturated heterocycles. The molecule has 4 heterocycles. The van der Waals surface area contributed by atoms with Crippen LogP contribution in [0.5, 0.6) is 0 Å². The Labute approximate surface area is 307 Å². The fourth-order valence-corrected chi connectivity index (χ4v) is 9.05. The third-order valence-corrected chi connectivity index (χ3v) is 12.8. The molecule has 7 rings (SSSR count). The predicted octanol–water partition coefficient (Wildman–Crippen LogP) is 2.65. The van der Waals surface area contributed by atoms with E-state index in [4.69, 9.17) is 25.8 Å². The van der Waals surface area contributed by atoms with Crippen LogP contribution in [-0.4, -0.2) is 103 Å². The summed E-state index contributed by atoms with van der Waals surface area (Å²) in [4.78, 5) is 71.3. The van der Waals surface area contributed by atoms with Gasteiger partial charge in [0.25, 0.3) is 5.91 Å². The van der Waals surface area contributed by atoms with Gasteiger partial charge in [-0.05, 0) is 61.8 Å². The van der Waals surface area contributed by atoms with E-state index in [0.29, 0.717) is 50.3 Å². The lowest BCUT2D eigenvalue weighted by Crippen LogP contribution is -2.58. The molecule has 3 N–H and O–H groups in total. The van der Waals surface area contributed by atoms with Crippen molar-refractivity contribution in [1.82, 2.24) is 25.2 Å². The molecule has 6 aliphatic rings. The Balaban J connectivity index is 1.12. The Bertz CT molecular complexity index is 1750. The number of benzene rings is 1. The fraction of sp³-hybridized carbons (Fsp3) is 0.629. The first-order chi connectivity index (χ1) is 24.9. The Hall–Kier alpha value is -3.89. The molecule has 2 saturated carbocycles. The lowest BCUT2D eigenvalue weighted by atomic mass is 10.0. The highest BCUT2D eigenvalue weighted by Gasteiger charge is 2.62. The van der Waals surface area contributed by atoms with Crippen LogP contribution in [0, 0.1) is 5.92 Å². The highest BCUT2D eigenvalue weighted by molar-refractivity contribution is 7.91. The number of halogens is 1.